The molecule has 1 amide bonds. The summed E-state index contributed by atoms with van der Waals surface area (Å²) in [4.78, 5) is 14.2. The van der Waals surface area contributed by atoms with E-state index in [-0.39, 0.29) is 18.0 Å². The van der Waals surface area contributed by atoms with E-state index in [1.165, 1.54) is 0 Å². The summed E-state index contributed by atoms with van der Waals surface area (Å²) in [6.45, 7) is 6.55. The van der Waals surface area contributed by atoms with Crippen LogP contribution in [-0.4, -0.2) is 43.2 Å². The summed E-state index contributed by atoms with van der Waals surface area (Å²) in [5.41, 5.74) is 1.08. The predicted octanol–water partition coefficient (Wildman–Crippen LogP) is 2.24. The molecule has 110 valence electrons. The summed E-state index contributed by atoms with van der Waals surface area (Å²) in [5, 5.41) is 4.04. The number of carbonyl (C=O) groups excluding carboxylic acids is 1. The Labute approximate surface area is 125 Å². The van der Waals surface area contributed by atoms with Crippen molar-refractivity contribution in [1.82, 2.24) is 10.2 Å². The zero-order chi connectivity index (χ0) is 14.5. The van der Waals surface area contributed by atoms with Gasteiger partial charge >= 0.3 is 0 Å². The lowest BCUT2D eigenvalue weighted by atomic mass is 10.1. The number of hydrogen-bond acceptors (Lipinski definition) is 3. The maximum atomic E-state index is 12.3. The van der Waals surface area contributed by atoms with Crippen molar-refractivity contribution in [3.63, 3.8) is 0 Å². The third-order valence-electron chi connectivity index (χ3n) is 3.54. The van der Waals surface area contributed by atoms with Gasteiger partial charge in [0.05, 0.1) is 19.3 Å². The highest BCUT2D eigenvalue weighted by Crippen LogP contribution is 2.18. The van der Waals surface area contributed by atoms with Crippen LogP contribution in [0, 0.1) is 0 Å². The van der Waals surface area contributed by atoms with Crippen LogP contribution >= 0.6 is 11.6 Å². The van der Waals surface area contributed by atoms with E-state index < -0.39 is 0 Å². The number of hydrogen-bond donors (Lipinski definition) is 1. The zero-order valence-corrected chi connectivity index (χ0v) is 12.7. The first-order valence-corrected chi connectivity index (χ1v) is 7.34. The Morgan fingerprint density at radius 2 is 2.05 bits per heavy atom. The van der Waals surface area contributed by atoms with Gasteiger partial charge in [0, 0.05) is 24.2 Å². The molecule has 4 nitrogen and oxygen atoms in total. The highest BCUT2D eigenvalue weighted by molar-refractivity contribution is 6.30. The van der Waals surface area contributed by atoms with Crippen molar-refractivity contribution >= 4 is 17.5 Å². The molecular weight excluding hydrogens is 276 g/mol. The molecule has 0 radical (unpaired) electrons. The molecule has 1 aromatic rings. The van der Waals surface area contributed by atoms with Gasteiger partial charge in [-0.2, -0.15) is 0 Å². The van der Waals surface area contributed by atoms with Gasteiger partial charge in [0.2, 0.25) is 5.91 Å². The van der Waals surface area contributed by atoms with Crippen molar-refractivity contribution in [1.29, 1.82) is 0 Å². The maximum Gasteiger partial charge on any atom is 0.239 e. The third kappa shape index (κ3) is 3.95. The van der Waals surface area contributed by atoms with Crippen molar-refractivity contribution in [3.8, 4) is 0 Å². The highest BCUT2D eigenvalue weighted by Gasteiger charge is 2.23. The molecular formula is C15H21ClN2O2. The molecule has 0 aromatic heterocycles. The number of ether oxygens (including phenoxy) is 1. The molecule has 0 bridgehead atoms. The van der Waals surface area contributed by atoms with Crippen molar-refractivity contribution < 1.29 is 9.53 Å². The molecule has 0 aliphatic carbocycles. The van der Waals surface area contributed by atoms with Crippen LogP contribution in [0.15, 0.2) is 24.3 Å². The number of benzene rings is 1. The minimum atomic E-state index is -0.220. The highest BCUT2D eigenvalue weighted by atomic mass is 35.5. The number of rotatable bonds is 4. The molecule has 1 saturated heterocycles. The van der Waals surface area contributed by atoms with E-state index in [9.17, 15) is 4.79 Å². The van der Waals surface area contributed by atoms with Gasteiger partial charge in [-0.1, -0.05) is 23.7 Å². The second kappa shape index (κ2) is 7.07. The molecule has 2 atom stereocenters. The van der Waals surface area contributed by atoms with Crippen LogP contribution < -0.4 is 5.32 Å². The molecule has 0 saturated carbocycles. The second-order valence-corrected chi connectivity index (χ2v) is 5.54. The van der Waals surface area contributed by atoms with E-state index in [1.807, 2.05) is 43.0 Å². The van der Waals surface area contributed by atoms with E-state index in [1.54, 1.807) is 0 Å². The van der Waals surface area contributed by atoms with Crippen molar-refractivity contribution in [2.24, 2.45) is 0 Å². The average Bonchev–Trinajstić information content (AvgIpc) is 2.47. The van der Waals surface area contributed by atoms with E-state index >= 15 is 0 Å². The molecule has 0 spiro atoms. The Balaban J connectivity index is 1.92. The minimum Gasteiger partial charge on any atom is -0.378 e. The van der Waals surface area contributed by atoms with Gasteiger partial charge < -0.3 is 9.64 Å². The van der Waals surface area contributed by atoms with E-state index in [2.05, 4.69) is 5.32 Å². The maximum absolute atomic E-state index is 12.3. The smallest absolute Gasteiger partial charge is 0.239 e. The fourth-order valence-corrected chi connectivity index (χ4v) is 2.57. The number of nitrogens with one attached hydrogen (secondary N) is 1. The molecule has 20 heavy (non-hydrogen) atoms. The van der Waals surface area contributed by atoms with Gasteiger partial charge in [0.25, 0.3) is 0 Å². The van der Waals surface area contributed by atoms with Crippen LogP contribution in [0.5, 0.6) is 0 Å². The topological polar surface area (TPSA) is 41.6 Å². The van der Waals surface area contributed by atoms with Crippen LogP contribution in [0.2, 0.25) is 5.02 Å². The molecule has 2 rings (SSSR count). The summed E-state index contributed by atoms with van der Waals surface area (Å²) in [6, 6.07) is 7.56. The lowest BCUT2D eigenvalue weighted by molar-refractivity contribution is -0.137. The molecule has 1 aliphatic heterocycles. The number of carbonyl (C=O) groups is 1. The lowest BCUT2D eigenvalue weighted by Crippen LogP contribution is -2.49. The Kier molecular flexibility index (Phi) is 5.40. The number of nitrogens with zero attached hydrogens (tertiary/aromatic N) is 1. The summed E-state index contributed by atoms with van der Waals surface area (Å²) in [6.07, 6.45) is 0. The van der Waals surface area contributed by atoms with Crippen LogP contribution in [-0.2, 0) is 9.53 Å². The first-order chi connectivity index (χ1) is 9.58. The average molecular weight is 297 g/mol. The van der Waals surface area contributed by atoms with E-state index in [0.717, 1.165) is 5.56 Å². The van der Waals surface area contributed by atoms with Gasteiger partial charge in [0.15, 0.2) is 0 Å². The lowest BCUT2D eigenvalue weighted by Gasteiger charge is -2.30. The molecule has 1 aliphatic rings. The predicted molar refractivity (Wildman–Crippen MR) is 79.9 cm³/mol. The first kappa shape index (κ1) is 15.3. The summed E-state index contributed by atoms with van der Waals surface area (Å²) >= 11 is 5.99. The number of amides is 1. The van der Waals surface area contributed by atoms with Crippen molar-refractivity contribution in [2.45, 2.75) is 25.9 Å². The molecule has 2 unspecified atom stereocenters. The molecule has 1 N–H and O–H groups in total. The third-order valence-corrected chi connectivity index (χ3v) is 3.78. The Hall–Kier alpha value is -1.10. The molecule has 1 fully saturated rings. The van der Waals surface area contributed by atoms with Gasteiger partial charge in [-0.25, -0.2) is 0 Å². The van der Waals surface area contributed by atoms with Crippen LogP contribution in [0.4, 0.5) is 0 Å². The number of morpholine rings is 1. The standard InChI is InChI=1S/C15H21ClN2O2/c1-11(13-4-3-5-14(16)10-13)17-12(2)15(19)18-6-8-20-9-7-18/h3-5,10-12,17H,6-9H2,1-2H3. The van der Waals surface area contributed by atoms with Gasteiger partial charge in [-0.3, -0.25) is 10.1 Å². The molecule has 1 heterocycles. The van der Waals surface area contributed by atoms with Crippen molar-refractivity contribution in [3.05, 3.63) is 34.9 Å². The largest absolute Gasteiger partial charge is 0.378 e. The second-order valence-electron chi connectivity index (χ2n) is 5.10. The van der Waals surface area contributed by atoms with Gasteiger partial charge in [0.1, 0.15) is 0 Å². The van der Waals surface area contributed by atoms with Crippen LogP contribution in [0.1, 0.15) is 25.5 Å². The summed E-state index contributed by atoms with van der Waals surface area (Å²) in [7, 11) is 0. The van der Waals surface area contributed by atoms with Gasteiger partial charge in [-0.05, 0) is 31.5 Å². The normalized spacial score (nSPS) is 18.6. The summed E-state index contributed by atoms with van der Waals surface area (Å²) in [5.74, 6) is 0.127. The molecule has 5 heteroatoms. The zero-order valence-electron chi connectivity index (χ0n) is 11.9. The van der Waals surface area contributed by atoms with E-state index in [4.69, 9.17) is 16.3 Å². The number of halogens is 1. The van der Waals surface area contributed by atoms with Crippen molar-refractivity contribution in [2.75, 3.05) is 26.3 Å². The van der Waals surface area contributed by atoms with E-state index in [0.29, 0.717) is 31.3 Å². The fourth-order valence-electron chi connectivity index (χ4n) is 2.38. The van der Waals surface area contributed by atoms with Crippen LogP contribution in [0.25, 0.3) is 0 Å². The monoisotopic (exact) mass is 296 g/mol. The fraction of sp³-hybridized carbons (Fsp3) is 0.533. The minimum absolute atomic E-state index is 0.0775. The Morgan fingerprint density at radius 1 is 1.35 bits per heavy atom. The quantitative estimate of drug-likeness (QED) is 0.926. The summed E-state index contributed by atoms with van der Waals surface area (Å²) < 4.78 is 5.26. The van der Waals surface area contributed by atoms with Crippen LogP contribution in [0.3, 0.4) is 0 Å². The Morgan fingerprint density at radius 3 is 2.70 bits per heavy atom. The molecule has 1 aromatic carbocycles. The Bertz CT molecular complexity index is 461. The van der Waals surface area contributed by atoms with Gasteiger partial charge in [-0.15, -0.1) is 0 Å². The first-order valence-electron chi connectivity index (χ1n) is 6.96. The SMILES string of the molecule is CC(NC(C)c1cccc(Cl)c1)C(=O)N1CCOCC1.